The lowest BCUT2D eigenvalue weighted by Gasteiger charge is -2.21. The van der Waals surface area contributed by atoms with Gasteiger partial charge in [0.2, 0.25) is 11.8 Å². The Morgan fingerprint density at radius 1 is 1.26 bits per heavy atom. The number of ether oxygens (including phenoxy) is 1. The second-order valence-electron chi connectivity index (χ2n) is 8.78. The molecule has 1 aromatic heterocycles. The number of rotatable bonds is 13. The van der Waals surface area contributed by atoms with Gasteiger partial charge >= 0.3 is 5.97 Å². The summed E-state index contributed by atoms with van der Waals surface area (Å²) in [5.74, 6) is -1.89. The molecule has 0 spiro atoms. The zero-order valence-electron chi connectivity index (χ0n) is 20.6. The Morgan fingerprint density at radius 2 is 2.00 bits per heavy atom. The molecule has 3 amide bonds. The molecular weight excluding hydrogens is 456 g/mol. The molecule has 1 saturated heterocycles. The van der Waals surface area contributed by atoms with Crippen LogP contribution in [0.2, 0.25) is 0 Å². The van der Waals surface area contributed by atoms with Crippen molar-refractivity contribution < 1.29 is 33.2 Å². The van der Waals surface area contributed by atoms with Crippen LogP contribution in [0.5, 0.6) is 0 Å². The predicted molar refractivity (Wildman–Crippen MR) is 125 cm³/mol. The van der Waals surface area contributed by atoms with Crippen LogP contribution >= 0.6 is 0 Å². The molecule has 3 N–H and O–H groups in total. The Kier molecular flexibility index (Phi) is 10.6. The van der Waals surface area contributed by atoms with Gasteiger partial charge in [-0.25, -0.2) is 4.79 Å². The fraction of sp³-hybridized carbons (Fsp3) is 0.583. The minimum atomic E-state index is -0.797. The van der Waals surface area contributed by atoms with Crippen molar-refractivity contribution in [1.29, 1.82) is 0 Å². The first-order chi connectivity index (χ1) is 16.6. The van der Waals surface area contributed by atoms with E-state index < -0.39 is 29.9 Å². The highest BCUT2D eigenvalue weighted by atomic mass is 16.5. The predicted octanol–water partition coefficient (Wildman–Crippen LogP) is 1.22. The number of aromatic nitrogens is 1. The highest BCUT2D eigenvalue weighted by Crippen LogP contribution is 2.17. The highest BCUT2D eigenvalue weighted by molar-refractivity contribution is 5.97. The fourth-order valence-electron chi connectivity index (χ4n) is 3.73. The van der Waals surface area contributed by atoms with Gasteiger partial charge < -0.3 is 25.2 Å². The van der Waals surface area contributed by atoms with E-state index in [0.29, 0.717) is 25.1 Å². The quantitative estimate of drug-likeness (QED) is 0.275. The van der Waals surface area contributed by atoms with Crippen LogP contribution in [0.25, 0.3) is 0 Å². The monoisotopic (exact) mass is 490 g/mol. The summed E-state index contributed by atoms with van der Waals surface area (Å²) in [4.78, 5) is 61.4. The number of amides is 3. The maximum atomic E-state index is 12.8. The van der Waals surface area contributed by atoms with Gasteiger partial charge in [0.05, 0.1) is 12.6 Å². The van der Waals surface area contributed by atoms with Crippen molar-refractivity contribution in [3.05, 3.63) is 29.7 Å². The molecule has 192 valence electrons. The average molecular weight is 491 g/mol. The van der Waals surface area contributed by atoms with Crippen LogP contribution < -0.4 is 16.0 Å². The number of esters is 1. The minimum Gasteiger partial charge on any atom is -0.463 e. The zero-order valence-corrected chi connectivity index (χ0v) is 20.6. The molecule has 0 aromatic carbocycles. The van der Waals surface area contributed by atoms with Crippen LogP contribution in [-0.4, -0.2) is 59.9 Å². The average Bonchev–Trinajstić information content (AvgIpc) is 3.42. The van der Waals surface area contributed by atoms with Crippen molar-refractivity contribution in [3.8, 4) is 0 Å². The first kappa shape index (κ1) is 27.7. The van der Waals surface area contributed by atoms with Crippen LogP contribution in [0.4, 0.5) is 0 Å². The molecule has 0 bridgehead atoms. The topological polar surface area (TPSA) is 157 Å². The molecule has 35 heavy (non-hydrogen) atoms. The summed E-state index contributed by atoms with van der Waals surface area (Å²) in [6.07, 6.45) is 3.48. The van der Waals surface area contributed by atoms with Crippen LogP contribution in [0.3, 0.4) is 0 Å². The van der Waals surface area contributed by atoms with Crippen molar-refractivity contribution >= 4 is 29.5 Å². The molecule has 11 nitrogen and oxygen atoms in total. The fourth-order valence-corrected chi connectivity index (χ4v) is 3.73. The van der Waals surface area contributed by atoms with E-state index in [1.165, 1.54) is 18.2 Å². The van der Waals surface area contributed by atoms with E-state index in [0.717, 1.165) is 0 Å². The number of hydrogen-bond acceptors (Lipinski definition) is 8. The molecule has 2 heterocycles. The van der Waals surface area contributed by atoms with Crippen molar-refractivity contribution in [3.63, 3.8) is 0 Å². The van der Waals surface area contributed by atoms with E-state index in [-0.39, 0.29) is 48.7 Å². The van der Waals surface area contributed by atoms with E-state index in [1.807, 2.05) is 0 Å². The van der Waals surface area contributed by atoms with E-state index in [2.05, 4.69) is 21.1 Å². The van der Waals surface area contributed by atoms with Crippen LogP contribution in [0.15, 0.2) is 22.7 Å². The van der Waals surface area contributed by atoms with Gasteiger partial charge in [0.15, 0.2) is 11.5 Å². The lowest BCUT2D eigenvalue weighted by atomic mass is 9.96. The number of nitrogens with one attached hydrogen (secondary N) is 3. The van der Waals surface area contributed by atoms with Gasteiger partial charge in [-0.2, -0.15) is 0 Å². The second kappa shape index (κ2) is 13.4. The SMILES string of the molecule is CCOC(=O)/C=C/[C@H](C[C@@H]1CCNC1=O)NC(=O)CCC(=O)C(NC(=O)c1cc(C)on1)C(C)C. The van der Waals surface area contributed by atoms with Gasteiger partial charge in [-0.15, -0.1) is 0 Å². The Bertz CT molecular complexity index is 953. The molecular formula is C24H34N4O7. The summed E-state index contributed by atoms with van der Waals surface area (Å²) < 4.78 is 9.77. The molecule has 0 radical (unpaired) electrons. The molecule has 1 unspecified atom stereocenters. The summed E-state index contributed by atoms with van der Waals surface area (Å²) in [5, 5.41) is 11.8. The molecule has 1 fully saturated rings. The number of ketones is 1. The Balaban J connectivity index is 1.95. The molecule has 11 heteroatoms. The lowest BCUT2D eigenvalue weighted by Crippen LogP contribution is -2.45. The van der Waals surface area contributed by atoms with E-state index in [4.69, 9.17) is 9.26 Å². The van der Waals surface area contributed by atoms with E-state index in [9.17, 15) is 24.0 Å². The summed E-state index contributed by atoms with van der Waals surface area (Å²) >= 11 is 0. The van der Waals surface area contributed by atoms with Gasteiger partial charge in [-0.1, -0.05) is 25.1 Å². The molecule has 2 rings (SSSR count). The van der Waals surface area contributed by atoms with Gasteiger partial charge in [0.25, 0.3) is 5.91 Å². The molecule has 0 saturated carbocycles. The second-order valence-corrected chi connectivity index (χ2v) is 8.78. The summed E-state index contributed by atoms with van der Waals surface area (Å²) in [6, 6.07) is 0.0972. The van der Waals surface area contributed by atoms with Crippen LogP contribution in [0.1, 0.15) is 62.7 Å². The number of Topliss-reactive ketones (excluding diaryl/α,β-unsaturated/α-hetero) is 1. The normalized spacial score (nSPS) is 17.2. The first-order valence-electron chi connectivity index (χ1n) is 11.8. The summed E-state index contributed by atoms with van der Waals surface area (Å²) in [7, 11) is 0. The Morgan fingerprint density at radius 3 is 2.57 bits per heavy atom. The Labute approximate surface area is 204 Å². The van der Waals surface area contributed by atoms with Crippen molar-refractivity contribution in [2.45, 2.75) is 65.5 Å². The molecule has 0 aliphatic carbocycles. The number of hydrogen-bond donors (Lipinski definition) is 3. The van der Waals surface area contributed by atoms with Crippen LogP contribution in [0, 0.1) is 18.8 Å². The van der Waals surface area contributed by atoms with Crippen LogP contribution in [-0.2, 0) is 23.9 Å². The van der Waals surface area contributed by atoms with Gasteiger partial charge in [-0.05, 0) is 32.6 Å². The smallest absolute Gasteiger partial charge is 0.330 e. The molecule has 1 aliphatic heterocycles. The third-order valence-electron chi connectivity index (χ3n) is 5.56. The van der Waals surface area contributed by atoms with Gasteiger partial charge in [-0.3, -0.25) is 19.2 Å². The molecule has 1 aromatic rings. The van der Waals surface area contributed by atoms with Crippen molar-refractivity contribution in [2.75, 3.05) is 13.2 Å². The number of nitrogens with zero attached hydrogens (tertiary/aromatic N) is 1. The van der Waals surface area contributed by atoms with Crippen molar-refractivity contribution in [2.24, 2.45) is 11.8 Å². The summed E-state index contributed by atoms with van der Waals surface area (Å²) in [6.45, 7) is 7.71. The van der Waals surface area contributed by atoms with Gasteiger partial charge in [0, 0.05) is 43.5 Å². The third-order valence-corrected chi connectivity index (χ3v) is 5.56. The number of aryl methyl sites for hydroxylation is 1. The van der Waals surface area contributed by atoms with Gasteiger partial charge in [0.1, 0.15) is 5.76 Å². The maximum absolute atomic E-state index is 12.8. The van der Waals surface area contributed by atoms with E-state index >= 15 is 0 Å². The lowest BCUT2D eigenvalue weighted by molar-refractivity contribution is -0.137. The highest BCUT2D eigenvalue weighted by Gasteiger charge is 2.28. The molecule has 3 atom stereocenters. The number of carbonyl (C=O) groups excluding carboxylic acids is 5. The standard InChI is InChI=1S/C24H34N4O7/c1-5-34-21(31)9-6-17(13-16-10-11-25-23(16)32)26-20(30)8-7-19(29)22(14(2)3)27-24(33)18-12-15(4)35-28-18/h6,9,12,14,16-17,22H,5,7-8,10-11,13H2,1-4H3,(H,25,32)(H,26,30)(H,27,33)/b9-6+/t16-,17+,22?/m0/s1. The maximum Gasteiger partial charge on any atom is 0.330 e. The van der Waals surface area contributed by atoms with Crippen molar-refractivity contribution in [1.82, 2.24) is 21.1 Å². The molecule has 1 aliphatic rings. The largest absolute Gasteiger partial charge is 0.463 e. The zero-order chi connectivity index (χ0) is 26.0. The number of carbonyl (C=O) groups is 5. The summed E-state index contributed by atoms with van der Waals surface area (Å²) in [5.41, 5.74) is 0.0749. The third kappa shape index (κ3) is 8.99. The first-order valence-corrected chi connectivity index (χ1v) is 11.8. The van der Waals surface area contributed by atoms with E-state index in [1.54, 1.807) is 27.7 Å². The Hall–Kier alpha value is -3.50. The minimum absolute atomic E-state index is 0.0749.